The van der Waals surface area contributed by atoms with Crippen LogP contribution in [0.2, 0.25) is 0 Å². The molecule has 0 aliphatic heterocycles. The van der Waals surface area contributed by atoms with Crippen molar-refractivity contribution in [2.75, 3.05) is 26.4 Å². The molecule has 0 heterocycles. The predicted octanol–water partition coefficient (Wildman–Crippen LogP) is 7.75. The summed E-state index contributed by atoms with van der Waals surface area (Å²) in [5.74, 6) is -3.11. The zero-order chi connectivity index (χ0) is 42.0. The first-order valence-corrected chi connectivity index (χ1v) is 22.3. The molecule has 0 bridgehead atoms. The largest absolute Gasteiger partial charge is 2.00 e. The summed E-state index contributed by atoms with van der Waals surface area (Å²) in [5, 5.41) is 0. The SMILES string of the molecule is CCCCCCOC(=O)c1cc(C(=O)OCCCCCC)cc(S(=O)(=O)[O-])c1.CCCCCCOC(=O)c1cc(C(=O)OCCCCCC)cc(S(=O)(=O)[O-])c1.[Ca+2]. The molecule has 2 aromatic carbocycles. The number of hydrogen-bond acceptors (Lipinski definition) is 14. The molecule has 316 valence electrons. The monoisotopic (exact) mass is 866 g/mol. The molecular formula is C40H58CaO14S2. The van der Waals surface area contributed by atoms with Gasteiger partial charge < -0.3 is 28.1 Å². The summed E-state index contributed by atoms with van der Waals surface area (Å²) in [6, 6.07) is 6.09. The van der Waals surface area contributed by atoms with E-state index in [-0.39, 0.29) is 86.4 Å². The first-order chi connectivity index (χ1) is 26.6. The summed E-state index contributed by atoms with van der Waals surface area (Å²) in [6.07, 6.45) is 14.7. The Morgan fingerprint density at radius 2 is 0.614 bits per heavy atom. The van der Waals surface area contributed by atoms with Crippen molar-refractivity contribution < 1.29 is 64.1 Å². The molecule has 2 rings (SSSR count). The number of hydrogen-bond donors (Lipinski definition) is 0. The van der Waals surface area contributed by atoms with E-state index in [1.807, 2.05) is 0 Å². The van der Waals surface area contributed by atoms with Crippen LogP contribution in [-0.4, -0.2) is 114 Å². The molecule has 0 saturated carbocycles. The van der Waals surface area contributed by atoms with E-state index in [1.54, 1.807) is 0 Å². The molecule has 2 aromatic rings. The Labute approximate surface area is 368 Å². The van der Waals surface area contributed by atoms with Gasteiger partial charge in [0.1, 0.15) is 20.2 Å². The fraction of sp³-hybridized carbons (Fsp3) is 0.600. The third-order valence-electron chi connectivity index (χ3n) is 8.26. The number of carbonyl (C=O) groups is 4. The molecule has 0 atom stereocenters. The van der Waals surface area contributed by atoms with Gasteiger partial charge in [0.25, 0.3) is 0 Å². The Hall–Kier alpha value is -2.60. The maximum absolute atomic E-state index is 12.2. The quantitative estimate of drug-likeness (QED) is 0.0290. The molecule has 57 heavy (non-hydrogen) atoms. The van der Waals surface area contributed by atoms with Gasteiger partial charge in [0, 0.05) is 0 Å². The van der Waals surface area contributed by atoms with Gasteiger partial charge in [-0.15, -0.1) is 0 Å². The van der Waals surface area contributed by atoms with E-state index in [4.69, 9.17) is 18.9 Å². The van der Waals surface area contributed by atoms with Crippen LogP contribution in [0.3, 0.4) is 0 Å². The second kappa shape index (κ2) is 30.4. The third kappa shape index (κ3) is 23.5. The topological polar surface area (TPSA) is 220 Å². The Balaban J connectivity index is 0.00000108. The van der Waals surface area contributed by atoms with Crippen molar-refractivity contribution >= 4 is 81.9 Å². The summed E-state index contributed by atoms with van der Waals surface area (Å²) in [4.78, 5) is 47.4. The van der Waals surface area contributed by atoms with Gasteiger partial charge in [-0.2, -0.15) is 0 Å². The fourth-order valence-corrected chi connectivity index (χ4v) is 6.15. The molecular weight excluding hydrogens is 809 g/mol. The molecule has 0 saturated heterocycles. The second-order valence-electron chi connectivity index (χ2n) is 13.2. The molecule has 0 aliphatic carbocycles. The Morgan fingerprint density at radius 1 is 0.404 bits per heavy atom. The zero-order valence-corrected chi connectivity index (χ0v) is 37.7. The Bertz CT molecular complexity index is 1530. The van der Waals surface area contributed by atoms with Crippen LogP contribution < -0.4 is 0 Å². The van der Waals surface area contributed by atoms with Gasteiger partial charge in [-0.1, -0.05) is 105 Å². The van der Waals surface area contributed by atoms with Crippen LogP contribution in [0.15, 0.2) is 46.2 Å². The zero-order valence-electron chi connectivity index (χ0n) is 33.8. The van der Waals surface area contributed by atoms with Gasteiger partial charge in [-0.05, 0) is 62.1 Å². The van der Waals surface area contributed by atoms with Crippen LogP contribution in [0.4, 0.5) is 0 Å². The normalized spacial score (nSPS) is 11.1. The maximum atomic E-state index is 12.2. The number of rotatable bonds is 26. The smallest absolute Gasteiger partial charge is 0.744 e. The Kier molecular flexibility index (Phi) is 29.1. The van der Waals surface area contributed by atoms with Crippen molar-refractivity contribution in [3.05, 3.63) is 58.7 Å². The van der Waals surface area contributed by atoms with Crippen LogP contribution in [0.5, 0.6) is 0 Å². The van der Waals surface area contributed by atoms with Crippen LogP contribution in [0.25, 0.3) is 0 Å². The standard InChI is InChI=1S/2C20H30O7S.Ca/c2*1-3-5-7-9-11-26-19(21)16-13-17(15-18(14-16)28(23,24)25)20(22)27-12-10-8-6-4-2;/h2*13-15H,3-12H2,1-2H3,(H,23,24,25);/q;;+2/p-2. The summed E-state index contributed by atoms with van der Waals surface area (Å²) in [5.41, 5.74) is -0.647. The minimum Gasteiger partial charge on any atom is -0.744 e. The molecule has 0 spiro atoms. The van der Waals surface area contributed by atoms with Crippen molar-refractivity contribution in [1.29, 1.82) is 0 Å². The maximum Gasteiger partial charge on any atom is 2.00 e. The molecule has 0 fully saturated rings. The molecule has 0 aromatic heterocycles. The van der Waals surface area contributed by atoms with Crippen molar-refractivity contribution in [3.63, 3.8) is 0 Å². The summed E-state index contributed by atoms with van der Waals surface area (Å²) < 4.78 is 88.8. The summed E-state index contributed by atoms with van der Waals surface area (Å²) >= 11 is 0. The minimum atomic E-state index is -4.85. The third-order valence-corrected chi connectivity index (χ3v) is 9.88. The van der Waals surface area contributed by atoms with Crippen LogP contribution in [0.1, 0.15) is 172 Å². The molecule has 0 unspecified atom stereocenters. The van der Waals surface area contributed by atoms with Crippen molar-refractivity contribution in [2.45, 2.75) is 140 Å². The van der Waals surface area contributed by atoms with E-state index in [1.165, 1.54) is 12.1 Å². The Morgan fingerprint density at radius 3 is 0.789 bits per heavy atom. The van der Waals surface area contributed by atoms with Gasteiger partial charge in [-0.3, -0.25) is 0 Å². The van der Waals surface area contributed by atoms with Crippen molar-refractivity contribution in [2.24, 2.45) is 0 Å². The first kappa shape index (κ1) is 54.4. The number of benzene rings is 2. The molecule has 0 aliphatic rings. The molecule has 0 radical (unpaired) electrons. The van der Waals surface area contributed by atoms with E-state index in [0.29, 0.717) is 25.7 Å². The number of esters is 4. The number of unbranched alkanes of at least 4 members (excludes halogenated alkanes) is 12. The van der Waals surface area contributed by atoms with Crippen molar-refractivity contribution in [1.82, 2.24) is 0 Å². The van der Waals surface area contributed by atoms with Crippen molar-refractivity contribution in [3.8, 4) is 0 Å². The van der Waals surface area contributed by atoms with Gasteiger partial charge in [0.05, 0.1) is 58.5 Å². The van der Waals surface area contributed by atoms with E-state index >= 15 is 0 Å². The number of ether oxygens (including phenoxy) is 4. The number of carbonyl (C=O) groups excluding carboxylic acids is 4. The van der Waals surface area contributed by atoms with Gasteiger partial charge >= 0.3 is 61.6 Å². The van der Waals surface area contributed by atoms with Crippen LogP contribution >= 0.6 is 0 Å². The summed E-state index contributed by atoms with van der Waals surface area (Å²) in [7, 11) is -9.69. The van der Waals surface area contributed by atoms with E-state index in [2.05, 4.69) is 27.7 Å². The van der Waals surface area contributed by atoms with Gasteiger partial charge in [0.15, 0.2) is 0 Å². The van der Waals surface area contributed by atoms with E-state index in [0.717, 1.165) is 101 Å². The van der Waals surface area contributed by atoms with Gasteiger partial charge in [0.2, 0.25) is 0 Å². The fourth-order valence-electron chi connectivity index (χ4n) is 5.07. The van der Waals surface area contributed by atoms with E-state index < -0.39 is 53.9 Å². The van der Waals surface area contributed by atoms with Crippen LogP contribution in [-0.2, 0) is 39.2 Å². The average molecular weight is 867 g/mol. The predicted molar refractivity (Wildman–Crippen MR) is 212 cm³/mol. The molecule has 0 N–H and O–H groups in total. The first-order valence-electron chi connectivity index (χ1n) is 19.5. The molecule has 14 nitrogen and oxygen atoms in total. The summed E-state index contributed by atoms with van der Waals surface area (Å²) in [6.45, 7) is 8.98. The average Bonchev–Trinajstić information content (AvgIpc) is 3.16. The van der Waals surface area contributed by atoms with E-state index in [9.17, 15) is 45.1 Å². The minimum absolute atomic E-state index is 0. The molecule has 0 amide bonds. The van der Waals surface area contributed by atoms with Crippen LogP contribution in [0, 0.1) is 0 Å². The molecule has 17 heteroatoms. The van der Waals surface area contributed by atoms with Gasteiger partial charge in [-0.25, -0.2) is 36.0 Å². The second-order valence-corrected chi connectivity index (χ2v) is 15.9.